The fourth-order valence-corrected chi connectivity index (χ4v) is 1.92. The van der Waals surface area contributed by atoms with Gasteiger partial charge in [0, 0.05) is 12.3 Å². The first kappa shape index (κ1) is 17.2. The van der Waals surface area contributed by atoms with Crippen LogP contribution < -0.4 is 11.2 Å². The Balaban J connectivity index is 2.11. The summed E-state index contributed by atoms with van der Waals surface area (Å²) < 4.78 is 29.8. The summed E-state index contributed by atoms with van der Waals surface area (Å²) in [5.74, 6) is -2.17. The molecule has 0 bridgehead atoms. The first-order chi connectivity index (χ1) is 10.8. The first-order valence-corrected chi connectivity index (χ1v) is 6.31. The van der Waals surface area contributed by atoms with Gasteiger partial charge < -0.3 is 24.9 Å². The Morgan fingerprint density at radius 1 is 1.48 bits per heavy atom. The number of hydrogen-bond donors (Lipinski definition) is 4. The Labute approximate surface area is 126 Å². The molecule has 10 nitrogen and oxygen atoms in total. The lowest BCUT2D eigenvalue weighted by molar-refractivity contribution is -0.153. The van der Waals surface area contributed by atoms with Gasteiger partial charge in [-0.05, 0) is 0 Å². The van der Waals surface area contributed by atoms with E-state index in [4.69, 9.17) is 9.84 Å². The molecule has 0 aliphatic carbocycles. The SMILES string of the molecule is O=C(ONc1ccn([C@@H]2O[C@H](CO)[C@@H](O)[C@H]2O)c(=O)n1)C(F)F. The molecule has 23 heavy (non-hydrogen) atoms. The van der Waals surface area contributed by atoms with Crippen molar-refractivity contribution in [1.82, 2.24) is 9.55 Å². The maximum absolute atomic E-state index is 11.9. The van der Waals surface area contributed by atoms with Crippen LogP contribution >= 0.6 is 0 Å². The van der Waals surface area contributed by atoms with Crippen LogP contribution in [0, 0.1) is 0 Å². The van der Waals surface area contributed by atoms with Crippen LogP contribution in [0.1, 0.15) is 6.23 Å². The molecular formula is C11H13F2N3O7. The van der Waals surface area contributed by atoms with Crippen molar-refractivity contribution in [2.75, 3.05) is 12.1 Å². The molecule has 0 spiro atoms. The second-order valence-electron chi connectivity index (χ2n) is 4.56. The minimum absolute atomic E-state index is 0.327. The van der Waals surface area contributed by atoms with Gasteiger partial charge in [0.1, 0.15) is 18.3 Å². The van der Waals surface area contributed by atoms with Crippen molar-refractivity contribution in [3.8, 4) is 0 Å². The molecule has 0 saturated carbocycles. The van der Waals surface area contributed by atoms with Crippen LogP contribution in [0.4, 0.5) is 14.6 Å². The van der Waals surface area contributed by atoms with Crippen molar-refractivity contribution in [1.29, 1.82) is 0 Å². The highest BCUT2D eigenvalue weighted by Crippen LogP contribution is 2.28. The molecule has 4 atom stereocenters. The Morgan fingerprint density at radius 3 is 2.70 bits per heavy atom. The zero-order chi connectivity index (χ0) is 17.1. The van der Waals surface area contributed by atoms with Crippen LogP contribution in [-0.4, -0.2) is 62.2 Å². The maximum atomic E-state index is 11.9. The summed E-state index contributed by atoms with van der Waals surface area (Å²) in [6.45, 7) is -0.569. The van der Waals surface area contributed by atoms with E-state index in [0.29, 0.717) is 0 Å². The second kappa shape index (κ2) is 6.95. The van der Waals surface area contributed by atoms with Crippen molar-refractivity contribution in [2.24, 2.45) is 0 Å². The third kappa shape index (κ3) is 3.61. The van der Waals surface area contributed by atoms with Gasteiger partial charge in [-0.2, -0.15) is 19.2 Å². The molecule has 2 rings (SSSR count). The molecule has 1 aliphatic rings. The number of ether oxygens (including phenoxy) is 1. The normalized spacial score (nSPS) is 27.2. The van der Waals surface area contributed by atoms with Crippen LogP contribution in [-0.2, 0) is 14.4 Å². The molecule has 1 aromatic heterocycles. The number of rotatable bonds is 5. The lowest BCUT2D eigenvalue weighted by Gasteiger charge is -2.17. The number of alkyl halides is 2. The van der Waals surface area contributed by atoms with Gasteiger partial charge in [0.2, 0.25) is 0 Å². The zero-order valence-corrected chi connectivity index (χ0v) is 11.4. The molecule has 0 radical (unpaired) electrons. The number of aliphatic hydroxyl groups is 3. The number of aliphatic hydroxyl groups excluding tert-OH is 3. The summed E-state index contributed by atoms with van der Waals surface area (Å²) in [6, 6.07) is 1.09. The number of anilines is 1. The zero-order valence-electron chi connectivity index (χ0n) is 11.4. The topological polar surface area (TPSA) is 143 Å². The Bertz CT molecular complexity index is 626. The van der Waals surface area contributed by atoms with E-state index in [1.165, 1.54) is 0 Å². The van der Waals surface area contributed by atoms with Crippen molar-refractivity contribution < 1.29 is 38.5 Å². The fraction of sp³-hybridized carbons (Fsp3) is 0.545. The minimum atomic E-state index is -3.35. The summed E-state index contributed by atoms with van der Waals surface area (Å²) in [4.78, 5) is 29.8. The summed E-state index contributed by atoms with van der Waals surface area (Å²) in [5.41, 5.74) is 0.804. The van der Waals surface area contributed by atoms with E-state index in [-0.39, 0.29) is 5.82 Å². The molecule has 12 heteroatoms. The summed E-state index contributed by atoms with van der Waals surface area (Å²) in [5, 5.41) is 28.4. The summed E-state index contributed by atoms with van der Waals surface area (Å²) >= 11 is 0. The molecule has 128 valence electrons. The van der Waals surface area contributed by atoms with E-state index in [0.717, 1.165) is 16.8 Å². The molecule has 1 fully saturated rings. The monoisotopic (exact) mass is 337 g/mol. The lowest BCUT2D eigenvalue weighted by atomic mass is 10.1. The fourth-order valence-electron chi connectivity index (χ4n) is 1.92. The highest BCUT2D eigenvalue weighted by Gasteiger charge is 2.43. The number of nitrogens with one attached hydrogen (secondary N) is 1. The molecular weight excluding hydrogens is 324 g/mol. The van der Waals surface area contributed by atoms with Crippen molar-refractivity contribution in [3.63, 3.8) is 0 Å². The van der Waals surface area contributed by atoms with Crippen LogP contribution in [0.15, 0.2) is 17.1 Å². The van der Waals surface area contributed by atoms with Crippen molar-refractivity contribution in [2.45, 2.75) is 31.0 Å². The predicted molar refractivity (Wildman–Crippen MR) is 67.2 cm³/mol. The van der Waals surface area contributed by atoms with E-state index < -0.39 is 49.2 Å². The predicted octanol–water partition coefficient (Wildman–Crippen LogP) is -2.01. The van der Waals surface area contributed by atoms with Crippen LogP contribution in [0.25, 0.3) is 0 Å². The van der Waals surface area contributed by atoms with Crippen LogP contribution in [0.3, 0.4) is 0 Å². The third-order valence-electron chi connectivity index (χ3n) is 3.06. The second-order valence-corrected chi connectivity index (χ2v) is 4.56. The van der Waals surface area contributed by atoms with E-state index >= 15 is 0 Å². The summed E-state index contributed by atoms with van der Waals surface area (Å²) in [7, 11) is 0. The first-order valence-electron chi connectivity index (χ1n) is 6.31. The smallest absolute Gasteiger partial charge is 0.394 e. The summed E-state index contributed by atoms with van der Waals surface area (Å²) in [6.07, 6.45) is -7.52. The van der Waals surface area contributed by atoms with Crippen molar-refractivity contribution >= 4 is 11.8 Å². The van der Waals surface area contributed by atoms with Gasteiger partial charge in [-0.1, -0.05) is 0 Å². The molecule has 4 N–H and O–H groups in total. The van der Waals surface area contributed by atoms with Gasteiger partial charge in [0.05, 0.1) is 6.61 Å². The average Bonchev–Trinajstić information content (AvgIpc) is 2.80. The Morgan fingerprint density at radius 2 is 2.17 bits per heavy atom. The average molecular weight is 337 g/mol. The van der Waals surface area contributed by atoms with Gasteiger partial charge in [-0.25, -0.2) is 9.59 Å². The van der Waals surface area contributed by atoms with Gasteiger partial charge in [-0.3, -0.25) is 4.57 Å². The van der Waals surface area contributed by atoms with Gasteiger partial charge in [-0.15, -0.1) is 0 Å². The highest BCUT2D eigenvalue weighted by molar-refractivity contribution is 5.73. The third-order valence-corrected chi connectivity index (χ3v) is 3.06. The number of carbonyl (C=O) groups excluding carboxylic acids is 1. The van der Waals surface area contributed by atoms with E-state index in [1.54, 1.807) is 5.48 Å². The molecule has 0 amide bonds. The Kier molecular flexibility index (Phi) is 5.20. The molecule has 2 heterocycles. The van der Waals surface area contributed by atoms with Gasteiger partial charge >= 0.3 is 18.1 Å². The molecule has 0 unspecified atom stereocenters. The van der Waals surface area contributed by atoms with E-state index in [2.05, 4.69) is 9.82 Å². The molecule has 0 aromatic carbocycles. The van der Waals surface area contributed by atoms with Crippen LogP contribution in [0.5, 0.6) is 0 Å². The van der Waals surface area contributed by atoms with E-state index in [9.17, 15) is 28.6 Å². The number of carbonyl (C=O) groups is 1. The van der Waals surface area contributed by atoms with E-state index in [1.807, 2.05) is 0 Å². The minimum Gasteiger partial charge on any atom is -0.394 e. The van der Waals surface area contributed by atoms with Crippen LogP contribution in [0.2, 0.25) is 0 Å². The number of aromatic nitrogens is 2. The maximum Gasteiger partial charge on any atom is 0.398 e. The lowest BCUT2D eigenvalue weighted by Crippen LogP contribution is -2.36. The molecule has 1 aliphatic heterocycles. The van der Waals surface area contributed by atoms with Gasteiger partial charge in [0.15, 0.2) is 12.0 Å². The van der Waals surface area contributed by atoms with Crippen molar-refractivity contribution in [3.05, 3.63) is 22.7 Å². The number of hydrogen-bond acceptors (Lipinski definition) is 9. The quantitative estimate of drug-likeness (QED) is 0.448. The largest absolute Gasteiger partial charge is 0.398 e. The highest BCUT2D eigenvalue weighted by atomic mass is 19.3. The van der Waals surface area contributed by atoms with Gasteiger partial charge in [0.25, 0.3) is 0 Å². The molecule has 1 aromatic rings. The number of nitrogens with zero attached hydrogens (tertiary/aromatic N) is 2. The molecule has 1 saturated heterocycles. The Hall–Kier alpha value is -2.15. The standard InChI is InChI=1S/C11H13F2N3O7/c12-8(13)10(20)23-15-5-1-2-16(11(21)14-5)9-7(19)6(18)4(3-17)22-9/h1-2,4,6-9,17-19H,3H2,(H,14,15,21)/t4-,6-,7-,9-/m1/s1. The number of halogens is 2.